The number of nitrogens with one attached hydrogen (secondary N) is 2. The van der Waals surface area contributed by atoms with Gasteiger partial charge in [-0.05, 0) is 44.4 Å². The first kappa shape index (κ1) is 17.4. The lowest BCUT2D eigenvalue weighted by atomic mass is 9.74. The predicted molar refractivity (Wildman–Crippen MR) is 92.0 cm³/mol. The van der Waals surface area contributed by atoms with Crippen molar-refractivity contribution < 1.29 is 13.2 Å². The average molecular weight is 351 g/mol. The van der Waals surface area contributed by atoms with Crippen LogP contribution in [0.25, 0.3) is 0 Å². The van der Waals surface area contributed by atoms with Gasteiger partial charge in [-0.1, -0.05) is 18.2 Å². The number of benzene rings is 1. The van der Waals surface area contributed by atoms with E-state index in [4.69, 9.17) is 0 Å². The second-order valence-corrected chi connectivity index (χ2v) is 8.60. The lowest BCUT2D eigenvalue weighted by Gasteiger charge is -2.45. The molecule has 3 rings (SSSR count). The van der Waals surface area contributed by atoms with Crippen molar-refractivity contribution in [2.75, 3.05) is 32.7 Å². The van der Waals surface area contributed by atoms with Crippen molar-refractivity contribution in [2.45, 2.75) is 30.6 Å². The van der Waals surface area contributed by atoms with E-state index in [2.05, 4.69) is 10.0 Å². The molecule has 0 saturated carbocycles. The van der Waals surface area contributed by atoms with Gasteiger partial charge in [-0.2, -0.15) is 0 Å². The van der Waals surface area contributed by atoms with Crippen LogP contribution in [-0.2, 0) is 14.8 Å². The van der Waals surface area contributed by atoms with Crippen LogP contribution in [0.5, 0.6) is 0 Å². The molecule has 1 atom stereocenters. The van der Waals surface area contributed by atoms with E-state index in [-0.39, 0.29) is 22.8 Å². The van der Waals surface area contributed by atoms with Crippen LogP contribution in [0.2, 0.25) is 0 Å². The zero-order valence-electron chi connectivity index (χ0n) is 13.8. The van der Waals surface area contributed by atoms with Crippen molar-refractivity contribution in [3.05, 3.63) is 30.3 Å². The Morgan fingerprint density at radius 2 is 1.96 bits per heavy atom. The van der Waals surface area contributed by atoms with Gasteiger partial charge in [0.1, 0.15) is 0 Å². The number of sulfonamides is 1. The summed E-state index contributed by atoms with van der Waals surface area (Å²) in [7, 11) is -3.64. The minimum absolute atomic E-state index is 0.140. The lowest BCUT2D eigenvalue weighted by Crippen LogP contribution is -2.54. The molecule has 6 nitrogen and oxygen atoms in total. The largest absolute Gasteiger partial charge is 0.341 e. The summed E-state index contributed by atoms with van der Waals surface area (Å²) < 4.78 is 26.9. The molecule has 0 aromatic heterocycles. The standard InChI is InChI=1S/C17H25N3O3S/c21-16(12-19-24(22,23)15-6-2-1-3-7-15)20-11-5-9-17(14-20)8-4-10-18-13-17/h1-3,6-7,18-19H,4-5,8-14H2. The van der Waals surface area contributed by atoms with E-state index >= 15 is 0 Å². The first-order valence-electron chi connectivity index (χ1n) is 8.54. The summed E-state index contributed by atoms with van der Waals surface area (Å²) in [5.74, 6) is -0.140. The normalized spacial score (nSPS) is 24.9. The van der Waals surface area contributed by atoms with Gasteiger partial charge in [0.25, 0.3) is 0 Å². The van der Waals surface area contributed by atoms with Gasteiger partial charge in [0.05, 0.1) is 11.4 Å². The molecule has 24 heavy (non-hydrogen) atoms. The predicted octanol–water partition coefficient (Wildman–Crippen LogP) is 0.957. The SMILES string of the molecule is O=C(CNS(=O)(=O)c1ccccc1)N1CCCC2(CCCNC2)C1. The zero-order valence-corrected chi connectivity index (χ0v) is 14.6. The summed E-state index contributed by atoms with van der Waals surface area (Å²) in [5.41, 5.74) is 0.171. The van der Waals surface area contributed by atoms with Crippen molar-refractivity contribution in [2.24, 2.45) is 5.41 Å². The summed E-state index contributed by atoms with van der Waals surface area (Å²) in [6, 6.07) is 8.14. The molecule has 2 heterocycles. The van der Waals surface area contributed by atoms with E-state index in [1.54, 1.807) is 18.2 Å². The Balaban J connectivity index is 1.59. The van der Waals surface area contributed by atoms with E-state index in [9.17, 15) is 13.2 Å². The molecule has 2 fully saturated rings. The number of hydrogen-bond acceptors (Lipinski definition) is 4. The number of piperidine rings is 2. The Morgan fingerprint density at radius 3 is 2.67 bits per heavy atom. The molecule has 1 aromatic carbocycles. The highest BCUT2D eigenvalue weighted by Crippen LogP contribution is 2.35. The van der Waals surface area contributed by atoms with E-state index in [0.717, 1.165) is 45.3 Å². The van der Waals surface area contributed by atoms with Gasteiger partial charge >= 0.3 is 0 Å². The van der Waals surface area contributed by atoms with Crippen molar-refractivity contribution in [3.63, 3.8) is 0 Å². The number of hydrogen-bond donors (Lipinski definition) is 2. The molecular formula is C17H25N3O3S. The molecular weight excluding hydrogens is 326 g/mol. The van der Waals surface area contributed by atoms with Crippen LogP contribution in [-0.4, -0.2) is 51.9 Å². The van der Waals surface area contributed by atoms with Gasteiger partial charge in [0.15, 0.2) is 0 Å². The number of amides is 1. The van der Waals surface area contributed by atoms with Crippen LogP contribution in [0.4, 0.5) is 0 Å². The summed E-state index contributed by atoms with van der Waals surface area (Å²) in [6.07, 6.45) is 4.40. The third kappa shape index (κ3) is 3.96. The number of carbonyl (C=O) groups excluding carboxylic acids is 1. The Morgan fingerprint density at radius 1 is 1.21 bits per heavy atom. The first-order valence-corrected chi connectivity index (χ1v) is 10.0. The molecule has 2 aliphatic rings. The van der Waals surface area contributed by atoms with E-state index in [1.807, 2.05) is 4.90 Å². The molecule has 7 heteroatoms. The third-order valence-electron chi connectivity index (χ3n) is 5.04. The average Bonchev–Trinajstić information content (AvgIpc) is 2.61. The maximum absolute atomic E-state index is 12.5. The van der Waals surface area contributed by atoms with Crippen LogP contribution >= 0.6 is 0 Å². The monoisotopic (exact) mass is 351 g/mol. The Bertz CT molecular complexity index is 664. The lowest BCUT2D eigenvalue weighted by molar-refractivity contribution is -0.133. The molecule has 1 amide bonds. The van der Waals surface area contributed by atoms with Crippen molar-refractivity contribution >= 4 is 15.9 Å². The molecule has 1 aromatic rings. The quantitative estimate of drug-likeness (QED) is 0.847. The summed E-state index contributed by atoms with van der Waals surface area (Å²) in [5, 5.41) is 3.43. The number of carbonyl (C=O) groups is 1. The molecule has 1 spiro atoms. The summed E-state index contributed by atoms with van der Waals surface area (Å²) >= 11 is 0. The highest BCUT2D eigenvalue weighted by Gasteiger charge is 2.38. The fourth-order valence-corrected chi connectivity index (χ4v) is 4.75. The molecule has 1 unspecified atom stereocenters. The fraction of sp³-hybridized carbons (Fsp3) is 0.588. The zero-order chi connectivity index (χ0) is 17.0. The maximum atomic E-state index is 12.5. The minimum Gasteiger partial charge on any atom is -0.341 e. The van der Waals surface area contributed by atoms with Gasteiger partial charge in [-0.25, -0.2) is 13.1 Å². The minimum atomic E-state index is -3.64. The molecule has 2 aliphatic heterocycles. The van der Waals surface area contributed by atoms with Crippen molar-refractivity contribution in [1.82, 2.24) is 14.9 Å². The number of rotatable bonds is 4. The van der Waals surface area contributed by atoms with E-state index < -0.39 is 10.0 Å². The third-order valence-corrected chi connectivity index (χ3v) is 6.46. The maximum Gasteiger partial charge on any atom is 0.241 e. The Hall–Kier alpha value is -1.44. The first-order chi connectivity index (χ1) is 11.5. The Kier molecular flexibility index (Phi) is 5.22. The molecule has 0 radical (unpaired) electrons. The number of nitrogens with zero attached hydrogens (tertiary/aromatic N) is 1. The second kappa shape index (κ2) is 7.21. The highest BCUT2D eigenvalue weighted by atomic mass is 32.2. The summed E-state index contributed by atoms with van der Waals surface area (Å²) in [4.78, 5) is 14.5. The van der Waals surface area contributed by atoms with Crippen molar-refractivity contribution in [1.29, 1.82) is 0 Å². The second-order valence-electron chi connectivity index (χ2n) is 6.84. The van der Waals surface area contributed by atoms with Crippen LogP contribution in [0.15, 0.2) is 35.2 Å². The van der Waals surface area contributed by atoms with Gasteiger partial charge in [-0.3, -0.25) is 4.79 Å². The Labute approximate surface area is 143 Å². The van der Waals surface area contributed by atoms with Crippen molar-refractivity contribution in [3.8, 4) is 0 Å². The fourth-order valence-electron chi connectivity index (χ4n) is 3.75. The highest BCUT2D eigenvalue weighted by molar-refractivity contribution is 7.89. The molecule has 0 bridgehead atoms. The van der Waals surface area contributed by atoms with E-state index in [0.29, 0.717) is 6.54 Å². The van der Waals surface area contributed by atoms with Crippen LogP contribution < -0.4 is 10.0 Å². The molecule has 2 saturated heterocycles. The molecule has 0 aliphatic carbocycles. The van der Waals surface area contributed by atoms with Gasteiger partial charge in [0, 0.05) is 25.0 Å². The van der Waals surface area contributed by atoms with Gasteiger partial charge in [0.2, 0.25) is 15.9 Å². The number of likely N-dealkylation sites (tertiary alicyclic amines) is 1. The van der Waals surface area contributed by atoms with Crippen LogP contribution in [0.1, 0.15) is 25.7 Å². The molecule has 132 valence electrons. The summed E-state index contributed by atoms with van der Waals surface area (Å²) in [6.45, 7) is 3.26. The molecule has 2 N–H and O–H groups in total. The topological polar surface area (TPSA) is 78.5 Å². The van der Waals surface area contributed by atoms with Gasteiger partial charge in [-0.15, -0.1) is 0 Å². The van der Waals surface area contributed by atoms with E-state index in [1.165, 1.54) is 12.1 Å². The van der Waals surface area contributed by atoms with Gasteiger partial charge < -0.3 is 10.2 Å². The van der Waals surface area contributed by atoms with Crippen LogP contribution in [0, 0.1) is 5.41 Å². The van der Waals surface area contributed by atoms with Crippen LogP contribution in [0.3, 0.4) is 0 Å². The smallest absolute Gasteiger partial charge is 0.241 e.